The third-order valence-electron chi connectivity index (χ3n) is 4.91. The number of para-hydroxylation sites is 1. The lowest BCUT2D eigenvalue weighted by molar-refractivity contribution is -0.119. The number of benzene rings is 2. The van der Waals surface area contributed by atoms with E-state index in [-0.39, 0.29) is 23.1 Å². The number of nitrogens with two attached hydrogens (primary N) is 1. The lowest BCUT2D eigenvalue weighted by Crippen LogP contribution is -2.40. The Morgan fingerprint density at radius 3 is 2.32 bits per heavy atom. The predicted molar refractivity (Wildman–Crippen MR) is 116 cm³/mol. The Morgan fingerprint density at radius 2 is 1.71 bits per heavy atom. The number of hydrogen-bond donors (Lipinski definition) is 4. The second kappa shape index (κ2) is 8.36. The third kappa shape index (κ3) is 4.84. The summed E-state index contributed by atoms with van der Waals surface area (Å²) in [6.07, 6.45) is 1.78. The number of anilines is 2. The Morgan fingerprint density at radius 1 is 1.03 bits per heavy atom. The number of hydrogen-bond acceptors (Lipinski definition) is 7. The molecule has 1 aliphatic carbocycles. The van der Waals surface area contributed by atoms with E-state index in [2.05, 4.69) is 20.7 Å². The van der Waals surface area contributed by atoms with Crippen molar-refractivity contribution in [2.24, 2.45) is 10.8 Å². The number of hydrazone groups is 1. The minimum Gasteiger partial charge on any atom is -0.368 e. The van der Waals surface area contributed by atoms with Crippen molar-refractivity contribution in [3.8, 4) is 0 Å². The molecule has 0 saturated heterocycles. The van der Waals surface area contributed by atoms with Crippen LogP contribution in [0.2, 0.25) is 0 Å². The minimum absolute atomic E-state index is 0.0222. The molecular weight excluding hydrogens is 420 g/mol. The van der Waals surface area contributed by atoms with Crippen LogP contribution in [0.4, 0.5) is 11.4 Å². The van der Waals surface area contributed by atoms with Crippen molar-refractivity contribution in [3.05, 3.63) is 54.6 Å². The quantitative estimate of drug-likeness (QED) is 0.443. The highest BCUT2D eigenvalue weighted by Crippen LogP contribution is 2.25. The number of carbonyl (C=O) groups is 2. The van der Waals surface area contributed by atoms with Crippen LogP contribution in [-0.2, 0) is 19.6 Å². The summed E-state index contributed by atoms with van der Waals surface area (Å²) in [5, 5.41) is 5.70. The lowest BCUT2D eigenvalue weighted by atomic mass is 10.1. The van der Waals surface area contributed by atoms with Crippen LogP contribution in [0.1, 0.15) is 19.3 Å². The highest BCUT2D eigenvalue weighted by molar-refractivity contribution is 7.89. The number of carbonyl (C=O) groups excluding carboxylic acids is 2. The normalized spacial score (nSPS) is 18.4. The van der Waals surface area contributed by atoms with Crippen LogP contribution in [0.25, 0.3) is 0 Å². The molecule has 4 rings (SSSR count). The van der Waals surface area contributed by atoms with Crippen LogP contribution in [0.5, 0.6) is 0 Å². The predicted octanol–water partition coefficient (Wildman–Crippen LogP) is 0.691. The molecule has 1 aliphatic heterocycles. The second-order valence-corrected chi connectivity index (χ2v) is 9.06. The molecule has 2 aromatic carbocycles. The van der Waals surface area contributed by atoms with Gasteiger partial charge in [-0.15, -0.1) is 0 Å². The van der Waals surface area contributed by atoms with Gasteiger partial charge >= 0.3 is 0 Å². The van der Waals surface area contributed by atoms with Crippen molar-refractivity contribution in [3.63, 3.8) is 0 Å². The van der Waals surface area contributed by atoms with Gasteiger partial charge in [0.1, 0.15) is 11.8 Å². The summed E-state index contributed by atoms with van der Waals surface area (Å²) >= 11 is 0. The smallest absolute Gasteiger partial charge is 0.285 e. The molecule has 0 radical (unpaired) electrons. The summed E-state index contributed by atoms with van der Waals surface area (Å²) in [7, 11) is -3.54. The van der Waals surface area contributed by atoms with Crippen LogP contribution in [-0.4, -0.2) is 38.0 Å². The first kappa shape index (κ1) is 20.8. The second-order valence-electron chi connectivity index (χ2n) is 7.35. The van der Waals surface area contributed by atoms with E-state index in [4.69, 9.17) is 5.73 Å². The fourth-order valence-corrected chi connectivity index (χ4v) is 4.40. The summed E-state index contributed by atoms with van der Waals surface area (Å²) in [6.45, 7) is 0. The molecule has 1 saturated carbocycles. The maximum Gasteiger partial charge on any atom is 0.285 e. The molecule has 2 amide bonds. The van der Waals surface area contributed by atoms with Crippen molar-refractivity contribution >= 4 is 38.9 Å². The van der Waals surface area contributed by atoms with Gasteiger partial charge in [-0.25, -0.2) is 13.1 Å². The first-order valence-electron chi connectivity index (χ1n) is 9.73. The molecule has 0 aromatic heterocycles. The molecule has 0 spiro atoms. The van der Waals surface area contributed by atoms with Crippen molar-refractivity contribution in [1.29, 1.82) is 0 Å². The molecule has 2 aromatic rings. The Kier molecular flexibility index (Phi) is 5.61. The van der Waals surface area contributed by atoms with E-state index in [0.717, 1.165) is 12.8 Å². The van der Waals surface area contributed by atoms with Gasteiger partial charge in [0.2, 0.25) is 15.9 Å². The Bertz CT molecular complexity index is 1110. The molecule has 1 atom stereocenters. The van der Waals surface area contributed by atoms with Gasteiger partial charge in [-0.1, -0.05) is 18.2 Å². The Balaban J connectivity index is 1.39. The zero-order chi connectivity index (χ0) is 22.0. The van der Waals surface area contributed by atoms with Gasteiger partial charge < -0.3 is 5.73 Å². The molecule has 1 unspecified atom stereocenters. The molecule has 162 valence electrons. The van der Waals surface area contributed by atoms with E-state index in [1.54, 1.807) is 36.4 Å². The molecule has 10 nitrogen and oxygen atoms in total. The average Bonchev–Trinajstić information content (AvgIpc) is 3.44. The van der Waals surface area contributed by atoms with Crippen LogP contribution in [0.3, 0.4) is 0 Å². The number of sulfonamides is 1. The van der Waals surface area contributed by atoms with Crippen LogP contribution in [0, 0.1) is 0 Å². The zero-order valence-corrected chi connectivity index (χ0v) is 17.3. The molecular formula is C20H22N6O4S. The zero-order valence-electron chi connectivity index (χ0n) is 16.5. The number of rotatable bonds is 8. The largest absolute Gasteiger partial charge is 0.368 e. The SMILES string of the molecule is NC(=O)C1CC(C(=O)NNc2ccc(S(=O)(=O)NC3CC3)cc2)=NN1c1ccccc1. The highest BCUT2D eigenvalue weighted by Gasteiger charge is 2.35. The number of hydrazine groups is 1. The molecule has 2 aliphatic rings. The minimum atomic E-state index is -3.54. The molecule has 11 heteroatoms. The van der Waals surface area contributed by atoms with E-state index < -0.39 is 27.9 Å². The fraction of sp³-hybridized carbons (Fsp3) is 0.250. The van der Waals surface area contributed by atoms with Gasteiger partial charge in [-0.2, -0.15) is 5.10 Å². The van der Waals surface area contributed by atoms with Crippen molar-refractivity contribution in [2.45, 2.75) is 36.2 Å². The molecule has 1 heterocycles. The number of amides is 2. The van der Waals surface area contributed by atoms with E-state index in [1.165, 1.54) is 17.1 Å². The Labute approximate surface area is 179 Å². The summed E-state index contributed by atoms with van der Waals surface area (Å²) in [5.41, 5.74) is 12.0. The maximum atomic E-state index is 12.5. The Hall–Kier alpha value is -3.44. The summed E-state index contributed by atoms with van der Waals surface area (Å²) in [4.78, 5) is 24.5. The molecule has 1 fully saturated rings. The summed E-state index contributed by atoms with van der Waals surface area (Å²) in [6, 6.07) is 14.2. The third-order valence-corrected chi connectivity index (χ3v) is 6.44. The van der Waals surface area contributed by atoms with Crippen LogP contribution >= 0.6 is 0 Å². The van der Waals surface area contributed by atoms with Gasteiger partial charge in [0.15, 0.2) is 0 Å². The first-order valence-corrected chi connectivity index (χ1v) is 11.2. The van der Waals surface area contributed by atoms with E-state index in [9.17, 15) is 18.0 Å². The van der Waals surface area contributed by atoms with E-state index >= 15 is 0 Å². The van der Waals surface area contributed by atoms with Gasteiger partial charge in [0.25, 0.3) is 5.91 Å². The van der Waals surface area contributed by atoms with Crippen molar-refractivity contribution in [1.82, 2.24) is 10.1 Å². The van der Waals surface area contributed by atoms with Gasteiger partial charge in [-0.3, -0.25) is 25.4 Å². The van der Waals surface area contributed by atoms with Crippen molar-refractivity contribution < 1.29 is 18.0 Å². The number of nitrogens with one attached hydrogen (secondary N) is 3. The first-order chi connectivity index (χ1) is 14.8. The maximum absolute atomic E-state index is 12.5. The molecule has 5 N–H and O–H groups in total. The molecule has 0 bridgehead atoms. The van der Waals surface area contributed by atoms with E-state index in [1.807, 2.05) is 6.07 Å². The summed E-state index contributed by atoms with van der Waals surface area (Å²) in [5.74, 6) is -1.10. The number of primary amides is 1. The van der Waals surface area contributed by atoms with Gasteiger partial charge in [0.05, 0.1) is 16.3 Å². The topological polar surface area (TPSA) is 146 Å². The summed E-state index contributed by atoms with van der Waals surface area (Å²) < 4.78 is 27.0. The fourth-order valence-electron chi connectivity index (χ4n) is 3.09. The average molecular weight is 443 g/mol. The highest BCUT2D eigenvalue weighted by atomic mass is 32.2. The van der Waals surface area contributed by atoms with E-state index in [0.29, 0.717) is 11.4 Å². The van der Waals surface area contributed by atoms with Crippen molar-refractivity contribution in [2.75, 3.05) is 10.4 Å². The van der Waals surface area contributed by atoms with Gasteiger partial charge in [-0.05, 0) is 49.2 Å². The molecule has 31 heavy (non-hydrogen) atoms. The standard InChI is InChI=1S/C20H22N6O4S/c21-19(27)18-12-17(24-26(18)15-4-2-1-3-5-15)20(28)23-22-13-8-10-16(11-9-13)31(29,30)25-14-6-7-14/h1-5,8-11,14,18,22,25H,6-7,12H2,(H2,21,27)(H,23,28). The monoisotopic (exact) mass is 442 g/mol. The van der Waals surface area contributed by atoms with Crippen LogP contribution < -0.4 is 26.3 Å². The lowest BCUT2D eigenvalue weighted by Gasteiger charge is -2.20. The number of nitrogens with zero attached hydrogens (tertiary/aromatic N) is 2. The van der Waals surface area contributed by atoms with Crippen LogP contribution in [0.15, 0.2) is 64.6 Å². The van der Waals surface area contributed by atoms with Gasteiger partial charge in [0, 0.05) is 12.5 Å².